The summed E-state index contributed by atoms with van der Waals surface area (Å²) in [5.74, 6) is -0.154. The van der Waals surface area contributed by atoms with Gasteiger partial charge in [-0.3, -0.25) is 9.48 Å². The highest BCUT2D eigenvalue weighted by molar-refractivity contribution is 6.32. The molecule has 8 nitrogen and oxygen atoms in total. The van der Waals surface area contributed by atoms with Crippen LogP contribution in [0, 0.1) is 17.1 Å². The lowest BCUT2D eigenvalue weighted by Crippen LogP contribution is -2.36. The molecular formula is C22H24ClFN6O2. The Kier molecular flexibility index (Phi) is 7.62. The second-order valence-electron chi connectivity index (χ2n) is 7.39. The van der Waals surface area contributed by atoms with E-state index in [2.05, 4.69) is 20.4 Å². The van der Waals surface area contributed by atoms with Crippen molar-refractivity contribution in [1.29, 1.82) is 5.26 Å². The summed E-state index contributed by atoms with van der Waals surface area (Å²) in [6, 6.07) is 6.00. The van der Waals surface area contributed by atoms with E-state index < -0.39 is 5.82 Å². The third-order valence-corrected chi connectivity index (χ3v) is 5.06. The van der Waals surface area contributed by atoms with Gasteiger partial charge >= 0.3 is 0 Å². The summed E-state index contributed by atoms with van der Waals surface area (Å²) in [5.41, 5.74) is 1.50. The number of rotatable bonds is 9. The first-order chi connectivity index (χ1) is 15.3. The number of ether oxygens (including phenoxy) is 1. The third-order valence-electron chi connectivity index (χ3n) is 4.76. The van der Waals surface area contributed by atoms with Gasteiger partial charge in [-0.15, -0.1) is 0 Å². The second-order valence-corrected chi connectivity index (χ2v) is 7.79. The van der Waals surface area contributed by atoms with Crippen LogP contribution >= 0.6 is 11.6 Å². The molecule has 2 N–H and O–H groups in total. The number of benzene rings is 1. The maximum Gasteiger partial charge on any atom is 0.226 e. The summed E-state index contributed by atoms with van der Waals surface area (Å²) in [6.07, 6.45) is 3.38. The molecule has 3 rings (SSSR count). The lowest BCUT2D eigenvalue weighted by Gasteiger charge is -2.14. The number of hydrogen-bond acceptors (Lipinski definition) is 5. The lowest BCUT2D eigenvalue weighted by molar-refractivity contribution is -0.121. The number of carbonyl (C=O) groups excluding carboxylic acids is 1. The van der Waals surface area contributed by atoms with Crippen LogP contribution in [-0.4, -0.2) is 38.3 Å². The fourth-order valence-electron chi connectivity index (χ4n) is 3.27. The Balaban J connectivity index is 1.57. The molecule has 0 radical (unpaired) electrons. The summed E-state index contributed by atoms with van der Waals surface area (Å²) >= 11 is 5.98. The smallest absolute Gasteiger partial charge is 0.226 e. The normalized spacial score (nSPS) is 12.9. The number of H-pyrrole nitrogens is 1. The molecule has 32 heavy (non-hydrogen) atoms. The first-order valence-corrected chi connectivity index (χ1v) is 10.6. The first kappa shape index (κ1) is 23.4. The van der Waals surface area contributed by atoms with Crippen molar-refractivity contribution in [3.63, 3.8) is 0 Å². The van der Waals surface area contributed by atoms with E-state index in [1.165, 1.54) is 12.1 Å². The quantitative estimate of drug-likeness (QED) is 0.507. The Hall–Kier alpha value is -3.22. The summed E-state index contributed by atoms with van der Waals surface area (Å²) in [5, 5.41) is 16.3. The predicted molar refractivity (Wildman–Crippen MR) is 117 cm³/mol. The van der Waals surface area contributed by atoms with Gasteiger partial charge in [0, 0.05) is 36.3 Å². The minimum absolute atomic E-state index is 0.0373. The lowest BCUT2D eigenvalue weighted by atomic mass is 10.1. The fraction of sp³-hybridized carbons (Fsp3) is 0.364. The van der Waals surface area contributed by atoms with E-state index in [-0.39, 0.29) is 35.1 Å². The second kappa shape index (κ2) is 10.4. The topological polar surface area (TPSA) is 109 Å². The van der Waals surface area contributed by atoms with Gasteiger partial charge in [-0.25, -0.2) is 9.37 Å². The van der Waals surface area contributed by atoms with Crippen LogP contribution in [0.3, 0.4) is 0 Å². The molecule has 1 amide bonds. The van der Waals surface area contributed by atoms with Crippen molar-refractivity contribution in [2.75, 3.05) is 6.61 Å². The molecule has 1 aromatic carbocycles. The van der Waals surface area contributed by atoms with E-state index in [0.29, 0.717) is 35.9 Å². The van der Waals surface area contributed by atoms with E-state index in [0.717, 1.165) is 0 Å². The molecule has 2 aromatic heterocycles. The van der Waals surface area contributed by atoms with Gasteiger partial charge in [0.15, 0.2) is 0 Å². The molecule has 0 aliphatic heterocycles. The van der Waals surface area contributed by atoms with Gasteiger partial charge in [0.05, 0.1) is 23.7 Å². The van der Waals surface area contributed by atoms with Crippen LogP contribution in [0.2, 0.25) is 5.02 Å². The van der Waals surface area contributed by atoms with Crippen molar-refractivity contribution in [1.82, 2.24) is 25.1 Å². The van der Waals surface area contributed by atoms with E-state index >= 15 is 0 Å². The maximum atomic E-state index is 14.0. The van der Waals surface area contributed by atoms with Crippen LogP contribution in [0.15, 0.2) is 30.6 Å². The molecule has 0 spiro atoms. The zero-order chi connectivity index (χ0) is 23.3. The third kappa shape index (κ3) is 5.72. The SMILES string of the molecule is CCOC(C)c1ncc(CC(=O)N[C@@H](C)Cn2ccc(-c3cc(F)c(C#N)c(Cl)c3)n2)[nH]1. The van der Waals surface area contributed by atoms with Crippen molar-refractivity contribution in [3.8, 4) is 17.3 Å². The molecule has 10 heteroatoms. The predicted octanol–water partition coefficient (Wildman–Crippen LogP) is 3.78. The Morgan fingerprint density at radius 2 is 2.22 bits per heavy atom. The van der Waals surface area contributed by atoms with Gasteiger partial charge < -0.3 is 15.0 Å². The number of hydrogen-bond donors (Lipinski definition) is 2. The molecule has 0 bridgehead atoms. The zero-order valence-electron chi connectivity index (χ0n) is 18.0. The highest BCUT2D eigenvalue weighted by Gasteiger charge is 2.15. The van der Waals surface area contributed by atoms with Crippen molar-refractivity contribution < 1.29 is 13.9 Å². The number of halogens is 2. The van der Waals surface area contributed by atoms with Crippen LogP contribution < -0.4 is 5.32 Å². The maximum absolute atomic E-state index is 14.0. The molecule has 3 aromatic rings. The largest absolute Gasteiger partial charge is 0.371 e. The Labute approximate surface area is 190 Å². The van der Waals surface area contributed by atoms with Crippen molar-refractivity contribution >= 4 is 17.5 Å². The molecule has 2 heterocycles. The summed E-state index contributed by atoms with van der Waals surface area (Å²) in [7, 11) is 0. The Morgan fingerprint density at radius 3 is 2.91 bits per heavy atom. The molecule has 2 atom stereocenters. The Bertz CT molecular complexity index is 1110. The first-order valence-electron chi connectivity index (χ1n) is 10.2. The highest BCUT2D eigenvalue weighted by Crippen LogP contribution is 2.26. The summed E-state index contributed by atoms with van der Waals surface area (Å²) in [6.45, 7) is 6.68. The van der Waals surface area contributed by atoms with Crippen LogP contribution in [-0.2, 0) is 22.5 Å². The molecule has 0 saturated carbocycles. The van der Waals surface area contributed by atoms with E-state index in [9.17, 15) is 9.18 Å². The molecule has 0 saturated heterocycles. The minimum atomic E-state index is -0.692. The van der Waals surface area contributed by atoms with Crippen molar-refractivity contribution in [3.05, 3.63) is 58.5 Å². The number of nitriles is 1. The van der Waals surface area contributed by atoms with Crippen molar-refractivity contribution in [2.45, 2.75) is 45.9 Å². The van der Waals surface area contributed by atoms with Crippen LogP contribution in [0.1, 0.15) is 44.0 Å². The number of nitrogens with zero attached hydrogens (tertiary/aromatic N) is 4. The van der Waals surface area contributed by atoms with Gasteiger partial charge in [0.1, 0.15) is 29.4 Å². The number of nitrogens with one attached hydrogen (secondary N) is 2. The monoisotopic (exact) mass is 458 g/mol. The summed E-state index contributed by atoms with van der Waals surface area (Å²) < 4.78 is 21.2. The molecule has 0 aliphatic carbocycles. The standard InChI is InChI=1S/C22H24ClFN6O2/c1-4-32-14(3)22-26-11-16(28-22)9-21(31)27-13(2)12-30-6-5-20(29-30)15-7-18(23)17(10-25)19(24)8-15/h5-8,11,13-14H,4,9,12H2,1-3H3,(H,26,28)(H,27,31)/t13-,14?/m0/s1. The van der Waals surface area contributed by atoms with Gasteiger partial charge in [-0.1, -0.05) is 11.6 Å². The highest BCUT2D eigenvalue weighted by atomic mass is 35.5. The van der Waals surface area contributed by atoms with Crippen LogP contribution in [0.5, 0.6) is 0 Å². The number of imidazole rings is 1. The average molecular weight is 459 g/mol. The van der Waals surface area contributed by atoms with Gasteiger partial charge in [0.2, 0.25) is 5.91 Å². The van der Waals surface area contributed by atoms with Crippen molar-refractivity contribution in [2.24, 2.45) is 0 Å². The number of amides is 1. The van der Waals surface area contributed by atoms with E-state index in [1.807, 2.05) is 20.8 Å². The molecule has 0 aliphatic rings. The molecule has 0 fully saturated rings. The van der Waals surface area contributed by atoms with Crippen LogP contribution in [0.25, 0.3) is 11.3 Å². The van der Waals surface area contributed by atoms with E-state index in [4.69, 9.17) is 21.6 Å². The Morgan fingerprint density at radius 1 is 1.44 bits per heavy atom. The van der Waals surface area contributed by atoms with Gasteiger partial charge in [-0.2, -0.15) is 10.4 Å². The fourth-order valence-corrected chi connectivity index (χ4v) is 3.52. The molecule has 168 valence electrons. The summed E-state index contributed by atoms with van der Waals surface area (Å²) in [4.78, 5) is 19.8. The number of aromatic amines is 1. The molecular weight excluding hydrogens is 435 g/mol. The average Bonchev–Trinajstić information content (AvgIpc) is 3.37. The number of carbonyl (C=O) groups is 1. The zero-order valence-corrected chi connectivity index (χ0v) is 18.8. The molecule has 1 unspecified atom stereocenters. The van der Waals surface area contributed by atoms with E-state index in [1.54, 1.807) is 29.2 Å². The minimum Gasteiger partial charge on any atom is -0.371 e. The van der Waals surface area contributed by atoms with Crippen LogP contribution in [0.4, 0.5) is 4.39 Å². The van der Waals surface area contributed by atoms with Gasteiger partial charge in [0.25, 0.3) is 0 Å². The number of aromatic nitrogens is 4. The van der Waals surface area contributed by atoms with Gasteiger partial charge in [-0.05, 0) is 39.0 Å².